The maximum absolute atomic E-state index is 13.3. The van der Waals surface area contributed by atoms with E-state index >= 15 is 0 Å². The zero-order valence-corrected chi connectivity index (χ0v) is 25.0. The van der Waals surface area contributed by atoms with E-state index in [9.17, 15) is 4.79 Å². The van der Waals surface area contributed by atoms with Crippen LogP contribution in [0.25, 0.3) is 0 Å². The predicted octanol–water partition coefficient (Wildman–Crippen LogP) is 11.7. The zero-order valence-electron chi connectivity index (χ0n) is 24.2. The summed E-state index contributed by atoms with van der Waals surface area (Å²) in [6, 6.07) is 30.8. The monoisotopic (exact) mass is 546 g/mol. The first-order chi connectivity index (χ1) is 19.3. The number of hydrogen-bond acceptors (Lipinski definition) is 2. The summed E-state index contributed by atoms with van der Waals surface area (Å²) in [5.41, 5.74) is 0. The quantitative estimate of drug-likeness (QED) is 0.132. The molecule has 3 aromatic carbocycles. The van der Waals surface area contributed by atoms with Gasteiger partial charge in [0.15, 0.2) is 0 Å². The van der Waals surface area contributed by atoms with Crippen LogP contribution in [0.5, 0.6) is 0 Å². The van der Waals surface area contributed by atoms with E-state index in [1.54, 1.807) is 0 Å². The van der Waals surface area contributed by atoms with Crippen molar-refractivity contribution in [2.75, 3.05) is 0 Å². The largest absolute Gasteiger partial charge is 0.402 e. The van der Waals surface area contributed by atoms with Crippen molar-refractivity contribution in [1.29, 1.82) is 0 Å². The molecule has 3 rings (SSSR count). The van der Waals surface area contributed by atoms with Crippen LogP contribution >= 0.6 is 10.3 Å². The normalized spacial score (nSPS) is 11.8. The summed E-state index contributed by atoms with van der Waals surface area (Å²) >= 11 is 0. The van der Waals surface area contributed by atoms with Gasteiger partial charge in [-0.1, -0.05) is 151 Å². The standard InChI is InChI=1S/C36H50O2S/c1-2-3-4-5-6-7-8-9-10-11-12-13-14-15-25-32-36(37)38-39(33-26-19-16-20-27-33,34-28-21-17-22-29-34)35-30-23-18-24-31-35/h16-24,26-31H,2-15,25,32H2,1H3. The van der Waals surface area contributed by atoms with Crippen molar-refractivity contribution in [3.8, 4) is 0 Å². The van der Waals surface area contributed by atoms with Crippen LogP contribution in [0.2, 0.25) is 0 Å². The molecule has 0 N–H and O–H groups in total. The minimum Gasteiger partial charge on any atom is -0.402 e. The highest BCUT2D eigenvalue weighted by Crippen LogP contribution is 2.69. The molecule has 0 fully saturated rings. The fourth-order valence-electron chi connectivity index (χ4n) is 5.21. The van der Waals surface area contributed by atoms with Gasteiger partial charge >= 0.3 is 5.97 Å². The first-order valence-electron chi connectivity index (χ1n) is 15.5. The molecular formula is C36H50O2S. The van der Waals surface area contributed by atoms with Gasteiger partial charge in [0.2, 0.25) is 0 Å². The molecule has 0 saturated carbocycles. The van der Waals surface area contributed by atoms with Crippen molar-refractivity contribution in [2.24, 2.45) is 0 Å². The van der Waals surface area contributed by atoms with Crippen LogP contribution in [0.3, 0.4) is 0 Å². The van der Waals surface area contributed by atoms with E-state index in [4.69, 9.17) is 4.18 Å². The number of unbranched alkanes of at least 4 members (excludes halogenated alkanes) is 14. The number of hydrogen-bond donors (Lipinski definition) is 0. The van der Waals surface area contributed by atoms with Gasteiger partial charge < -0.3 is 4.18 Å². The molecule has 39 heavy (non-hydrogen) atoms. The third kappa shape index (κ3) is 10.5. The molecule has 2 nitrogen and oxygen atoms in total. The maximum atomic E-state index is 13.3. The highest BCUT2D eigenvalue weighted by atomic mass is 32.3. The fraction of sp³-hybridized carbons (Fsp3) is 0.472. The van der Waals surface area contributed by atoms with Crippen LogP contribution in [0.4, 0.5) is 0 Å². The molecule has 0 saturated heterocycles. The van der Waals surface area contributed by atoms with Gasteiger partial charge in [-0.3, -0.25) is 4.79 Å². The Hall–Kier alpha value is -2.52. The topological polar surface area (TPSA) is 26.3 Å². The third-order valence-electron chi connectivity index (χ3n) is 7.43. The first kappa shape index (κ1) is 31.0. The minimum atomic E-state index is -2.15. The van der Waals surface area contributed by atoms with Crippen LogP contribution in [0.15, 0.2) is 106 Å². The lowest BCUT2D eigenvalue weighted by Gasteiger charge is -2.39. The van der Waals surface area contributed by atoms with Gasteiger partial charge in [0, 0.05) is 21.1 Å². The number of carbonyl (C=O) groups excluding carboxylic acids is 1. The van der Waals surface area contributed by atoms with E-state index in [2.05, 4.69) is 43.3 Å². The second-order valence-electron chi connectivity index (χ2n) is 10.7. The van der Waals surface area contributed by atoms with Gasteiger partial charge in [-0.15, -0.1) is 0 Å². The summed E-state index contributed by atoms with van der Waals surface area (Å²) in [5, 5.41) is 0. The van der Waals surface area contributed by atoms with Crippen LogP contribution in [0, 0.1) is 0 Å². The van der Waals surface area contributed by atoms with Crippen molar-refractivity contribution < 1.29 is 8.98 Å². The highest BCUT2D eigenvalue weighted by molar-refractivity contribution is 8.30. The van der Waals surface area contributed by atoms with E-state index in [1.165, 1.54) is 83.5 Å². The number of rotatable bonds is 20. The van der Waals surface area contributed by atoms with Gasteiger partial charge in [0.1, 0.15) is 0 Å². The summed E-state index contributed by atoms with van der Waals surface area (Å²) in [4.78, 5) is 16.5. The van der Waals surface area contributed by atoms with Crippen molar-refractivity contribution in [3.63, 3.8) is 0 Å². The lowest BCUT2D eigenvalue weighted by molar-refractivity contribution is -0.133. The molecule has 3 aromatic rings. The molecule has 0 aliphatic rings. The highest BCUT2D eigenvalue weighted by Gasteiger charge is 2.35. The summed E-state index contributed by atoms with van der Waals surface area (Å²) < 4.78 is 6.56. The van der Waals surface area contributed by atoms with E-state index < -0.39 is 10.3 Å². The Balaban J connectivity index is 1.43. The van der Waals surface area contributed by atoms with Gasteiger partial charge in [-0.25, -0.2) is 0 Å². The van der Waals surface area contributed by atoms with E-state index in [-0.39, 0.29) is 5.97 Å². The number of benzene rings is 3. The SMILES string of the molecule is CCCCCCCCCCCCCCCCCC(=O)OS(c1ccccc1)(c1ccccc1)c1ccccc1. The summed E-state index contributed by atoms with van der Waals surface area (Å²) in [6.45, 7) is 2.28. The van der Waals surface area contributed by atoms with E-state index in [0.29, 0.717) is 6.42 Å². The Kier molecular flexibility index (Phi) is 14.9. The van der Waals surface area contributed by atoms with Gasteiger partial charge in [0.05, 0.1) is 0 Å². The Labute approximate surface area is 240 Å². The second-order valence-corrected chi connectivity index (χ2v) is 13.3. The second kappa shape index (κ2) is 18.7. The van der Waals surface area contributed by atoms with Crippen molar-refractivity contribution in [2.45, 2.75) is 124 Å². The van der Waals surface area contributed by atoms with Crippen LogP contribution in [-0.2, 0) is 8.98 Å². The molecule has 0 spiro atoms. The molecule has 0 aliphatic carbocycles. The summed E-state index contributed by atoms with van der Waals surface area (Å²) in [6.07, 6.45) is 20.2. The first-order valence-corrected chi connectivity index (χ1v) is 17.0. The predicted molar refractivity (Wildman–Crippen MR) is 167 cm³/mol. The lowest BCUT2D eigenvalue weighted by Crippen LogP contribution is -2.13. The average Bonchev–Trinajstić information content (AvgIpc) is 2.99. The Morgan fingerprint density at radius 1 is 0.487 bits per heavy atom. The lowest BCUT2D eigenvalue weighted by atomic mass is 10.0. The molecule has 0 bridgehead atoms. The van der Waals surface area contributed by atoms with E-state index in [1.807, 2.05) is 54.6 Å². The van der Waals surface area contributed by atoms with Gasteiger partial charge in [-0.2, -0.15) is 0 Å². The molecule has 212 valence electrons. The molecule has 0 radical (unpaired) electrons. The molecule has 3 heteroatoms. The molecule has 0 aliphatic heterocycles. The molecule has 0 heterocycles. The Morgan fingerprint density at radius 3 is 1.13 bits per heavy atom. The van der Waals surface area contributed by atoms with Gasteiger partial charge in [0.25, 0.3) is 0 Å². The summed E-state index contributed by atoms with van der Waals surface area (Å²) in [5.74, 6) is -0.101. The summed E-state index contributed by atoms with van der Waals surface area (Å²) in [7, 11) is -2.15. The van der Waals surface area contributed by atoms with E-state index in [0.717, 1.165) is 27.5 Å². The zero-order chi connectivity index (χ0) is 27.4. The van der Waals surface area contributed by atoms with Crippen LogP contribution < -0.4 is 0 Å². The Morgan fingerprint density at radius 2 is 0.795 bits per heavy atom. The maximum Gasteiger partial charge on any atom is 0.317 e. The molecule has 0 unspecified atom stereocenters. The van der Waals surface area contributed by atoms with Crippen molar-refractivity contribution in [1.82, 2.24) is 0 Å². The molecule has 0 amide bonds. The third-order valence-corrected chi connectivity index (χ3v) is 10.7. The average molecular weight is 547 g/mol. The fourth-order valence-corrected chi connectivity index (χ4v) is 8.30. The van der Waals surface area contributed by atoms with Crippen molar-refractivity contribution >= 4 is 16.3 Å². The van der Waals surface area contributed by atoms with Crippen LogP contribution in [-0.4, -0.2) is 5.97 Å². The van der Waals surface area contributed by atoms with Crippen LogP contribution in [0.1, 0.15) is 110 Å². The minimum absolute atomic E-state index is 0.101. The Bertz CT molecular complexity index is 923. The van der Waals surface area contributed by atoms with Crippen molar-refractivity contribution in [3.05, 3.63) is 91.0 Å². The smallest absolute Gasteiger partial charge is 0.317 e. The van der Waals surface area contributed by atoms with Gasteiger partial charge in [-0.05, 0) is 53.1 Å². The molecule has 0 atom stereocenters. The molecule has 0 aromatic heterocycles. The molecular weight excluding hydrogens is 496 g/mol. The number of carbonyl (C=O) groups is 1.